The molecule has 0 radical (unpaired) electrons. The van der Waals surface area contributed by atoms with Crippen molar-refractivity contribution in [1.82, 2.24) is 0 Å². The number of nitrogens with one attached hydrogen (secondary N) is 1. The molecule has 5 heteroatoms. The molecule has 0 aromatic heterocycles. The number of anilines is 2. The predicted octanol–water partition coefficient (Wildman–Crippen LogP) is 3.32. The van der Waals surface area contributed by atoms with E-state index in [0.29, 0.717) is 19.6 Å². The molecule has 3 rings (SSSR count). The van der Waals surface area contributed by atoms with E-state index >= 15 is 0 Å². The SMILES string of the molecule is Cc1ccc(CCCC(=O)Nc2ccc(N3CCOCC3=O)cc2)cc1. The zero-order chi connectivity index (χ0) is 18.4. The number of benzene rings is 2. The highest BCUT2D eigenvalue weighted by molar-refractivity contribution is 5.95. The van der Waals surface area contributed by atoms with Crippen molar-refractivity contribution in [2.24, 2.45) is 0 Å². The van der Waals surface area contributed by atoms with E-state index < -0.39 is 0 Å². The Balaban J connectivity index is 1.46. The first-order valence-electron chi connectivity index (χ1n) is 8.95. The fraction of sp³-hybridized carbons (Fsp3) is 0.333. The third-order valence-electron chi connectivity index (χ3n) is 4.44. The second-order valence-electron chi connectivity index (χ2n) is 6.53. The van der Waals surface area contributed by atoms with Crippen LogP contribution in [0.3, 0.4) is 0 Å². The number of nitrogens with zero attached hydrogens (tertiary/aromatic N) is 1. The van der Waals surface area contributed by atoms with Gasteiger partial charge in [-0.25, -0.2) is 0 Å². The molecule has 0 unspecified atom stereocenters. The molecule has 0 saturated carbocycles. The van der Waals surface area contributed by atoms with Crippen LogP contribution < -0.4 is 10.2 Å². The lowest BCUT2D eigenvalue weighted by molar-refractivity contribution is -0.125. The number of amides is 2. The Hall–Kier alpha value is -2.66. The van der Waals surface area contributed by atoms with Gasteiger partial charge in [0.05, 0.1) is 6.61 Å². The first kappa shape index (κ1) is 18.1. The lowest BCUT2D eigenvalue weighted by Gasteiger charge is -2.26. The maximum Gasteiger partial charge on any atom is 0.253 e. The second kappa shape index (κ2) is 8.63. The topological polar surface area (TPSA) is 58.6 Å². The van der Waals surface area contributed by atoms with Crippen LogP contribution in [-0.4, -0.2) is 31.6 Å². The summed E-state index contributed by atoms with van der Waals surface area (Å²) in [6.45, 7) is 3.30. The molecule has 0 bridgehead atoms. The number of hydrogen-bond acceptors (Lipinski definition) is 3. The molecule has 2 aromatic rings. The van der Waals surface area contributed by atoms with Gasteiger partial charge in [-0.3, -0.25) is 9.59 Å². The Bertz CT molecular complexity index is 754. The van der Waals surface area contributed by atoms with Gasteiger partial charge >= 0.3 is 0 Å². The number of morpholine rings is 1. The molecule has 0 spiro atoms. The molecule has 26 heavy (non-hydrogen) atoms. The van der Waals surface area contributed by atoms with Crippen LogP contribution >= 0.6 is 0 Å². The molecule has 1 saturated heterocycles. The van der Waals surface area contributed by atoms with Crippen molar-refractivity contribution in [2.45, 2.75) is 26.2 Å². The van der Waals surface area contributed by atoms with E-state index in [1.807, 2.05) is 24.3 Å². The van der Waals surface area contributed by atoms with Gasteiger partial charge in [-0.2, -0.15) is 0 Å². The Morgan fingerprint density at radius 1 is 1.12 bits per heavy atom. The molecule has 5 nitrogen and oxygen atoms in total. The lowest BCUT2D eigenvalue weighted by atomic mass is 10.1. The van der Waals surface area contributed by atoms with E-state index in [0.717, 1.165) is 24.2 Å². The molecular formula is C21H24N2O3. The highest BCUT2D eigenvalue weighted by atomic mass is 16.5. The number of carbonyl (C=O) groups is 2. The average molecular weight is 352 g/mol. The number of ether oxygens (including phenoxy) is 1. The predicted molar refractivity (Wildman–Crippen MR) is 102 cm³/mol. The molecule has 1 N–H and O–H groups in total. The Labute approximate surface area is 154 Å². The Morgan fingerprint density at radius 2 is 1.85 bits per heavy atom. The highest BCUT2D eigenvalue weighted by Crippen LogP contribution is 2.20. The third-order valence-corrected chi connectivity index (χ3v) is 4.44. The van der Waals surface area contributed by atoms with Crippen molar-refractivity contribution < 1.29 is 14.3 Å². The summed E-state index contributed by atoms with van der Waals surface area (Å²) in [5, 5.41) is 2.91. The summed E-state index contributed by atoms with van der Waals surface area (Å²) in [5.41, 5.74) is 4.07. The smallest absolute Gasteiger partial charge is 0.253 e. The summed E-state index contributed by atoms with van der Waals surface area (Å²) in [6, 6.07) is 15.8. The van der Waals surface area contributed by atoms with Crippen LogP contribution in [0, 0.1) is 6.92 Å². The molecule has 0 aliphatic carbocycles. The van der Waals surface area contributed by atoms with E-state index in [4.69, 9.17) is 4.74 Å². The van der Waals surface area contributed by atoms with Gasteiger partial charge in [-0.15, -0.1) is 0 Å². The minimum Gasteiger partial charge on any atom is -0.370 e. The monoisotopic (exact) mass is 352 g/mol. The molecular weight excluding hydrogens is 328 g/mol. The fourth-order valence-corrected chi connectivity index (χ4v) is 2.95. The Morgan fingerprint density at radius 3 is 2.54 bits per heavy atom. The summed E-state index contributed by atoms with van der Waals surface area (Å²) in [6.07, 6.45) is 2.19. The quantitative estimate of drug-likeness (QED) is 0.868. The van der Waals surface area contributed by atoms with Gasteiger partial charge < -0.3 is 15.0 Å². The molecule has 1 aliphatic rings. The van der Waals surface area contributed by atoms with Gasteiger partial charge in [0.25, 0.3) is 5.91 Å². The van der Waals surface area contributed by atoms with Crippen molar-refractivity contribution in [1.29, 1.82) is 0 Å². The zero-order valence-electron chi connectivity index (χ0n) is 15.0. The number of hydrogen-bond donors (Lipinski definition) is 1. The largest absolute Gasteiger partial charge is 0.370 e. The maximum absolute atomic E-state index is 12.1. The normalized spacial score (nSPS) is 14.3. The van der Waals surface area contributed by atoms with Crippen molar-refractivity contribution in [3.63, 3.8) is 0 Å². The highest BCUT2D eigenvalue weighted by Gasteiger charge is 2.19. The summed E-state index contributed by atoms with van der Waals surface area (Å²) < 4.78 is 5.14. The van der Waals surface area contributed by atoms with E-state index in [2.05, 4.69) is 36.5 Å². The average Bonchev–Trinajstić information content (AvgIpc) is 2.65. The van der Waals surface area contributed by atoms with Crippen LogP contribution in [0.1, 0.15) is 24.0 Å². The first-order valence-corrected chi connectivity index (χ1v) is 8.95. The molecule has 1 fully saturated rings. The van der Waals surface area contributed by atoms with Gasteiger partial charge in [-0.1, -0.05) is 29.8 Å². The maximum atomic E-state index is 12.1. The van der Waals surface area contributed by atoms with E-state index in [1.165, 1.54) is 11.1 Å². The van der Waals surface area contributed by atoms with Crippen LogP contribution in [0.25, 0.3) is 0 Å². The van der Waals surface area contributed by atoms with Crippen molar-refractivity contribution >= 4 is 23.2 Å². The lowest BCUT2D eigenvalue weighted by Crippen LogP contribution is -2.41. The first-order chi connectivity index (χ1) is 12.6. The molecule has 1 heterocycles. The van der Waals surface area contributed by atoms with Crippen LogP contribution in [0.15, 0.2) is 48.5 Å². The summed E-state index contributed by atoms with van der Waals surface area (Å²) >= 11 is 0. The van der Waals surface area contributed by atoms with Crippen molar-refractivity contribution in [3.8, 4) is 0 Å². The summed E-state index contributed by atoms with van der Waals surface area (Å²) in [4.78, 5) is 25.7. The van der Waals surface area contributed by atoms with Gasteiger partial charge in [0, 0.05) is 24.3 Å². The zero-order valence-corrected chi connectivity index (χ0v) is 15.0. The van der Waals surface area contributed by atoms with E-state index in [-0.39, 0.29) is 18.4 Å². The number of aryl methyl sites for hydroxylation is 2. The summed E-state index contributed by atoms with van der Waals surface area (Å²) in [5.74, 6) is -0.0311. The Kier molecular flexibility index (Phi) is 6.02. The number of rotatable bonds is 6. The number of carbonyl (C=O) groups excluding carboxylic acids is 2. The summed E-state index contributed by atoms with van der Waals surface area (Å²) in [7, 11) is 0. The van der Waals surface area contributed by atoms with Crippen molar-refractivity contribution in [2.75, 3.05) is 30.0 Å². The molecule has 2 aromatic carbocycles. The van der Waals surface area contributed by atoms with Gasteiger partial charge in [0.2, 0.25) is 5.91 Å². The van der Waals surface area contributed by atoms with E-state index in [9.17, 15) is 9.59 Å². The third kappa shape index (κ3) is 4.92. The molecule has 136 valence electrons. The fourth-order valence-electron chi connectivity index (χ4n) is 2.95. The van der Waals surface area contributed by atoms with E-state index in [1.54, 1.807) is 4.90 Å². The van der Waals surface area contributed by atoms with Crippen LogP contribution in [-0.2, 0) is 20.7 Å². The standard InChI is InChI=1S/C21H24N2O3/c1-16-5-7-17(8-6-16)3-2-4-20(24)22-18-9-11-19(12-10-18)23-13-14-26-15-21(23)25/h5-12H,2-4,13-15H2,1H3,(H,22,24). The van der Waals surface area contributed by atoms with Crippen LogP contribution in [0.5, 0.6) is 0 Å². The van der Waals surface area contributed by atoms with Crippen LogP contribution in [0.4, 0.5) is 11.4 Å². The molecule has 1 aliphatic heterocycles. The minimum atomic E-state index is -0.0378. The second-order valence-corrected chi connectivity index (χ2v) is 6.53. The minimum absolute atomic E-state index is 0.00677. The van der Waals surface area contributed by atoms with Gasteiger partial charge in [0.1, 0.15) is 6.61 Å². The molecule has 0 atom stereocenters. The van der Waals surface area contributed by atoms with Crippen LogP contribution in [0.2, 0.25) is 0 Å². The molecule has 2 amide bonds. The van der Waals surface area contributed by atoms with Gasteiger partial charge in [-0.05, 0) is 49.6 Å². The van der Waals surface area contributed by atoms with Crippen molar-refractivity contribution in [3.05, 3.63) is 59.7 Å². The van der Waals surface area contributed by atoms with Gasteiger partial charge in [0.15, 0.2) is 0 Å².